The minimum absolute atomic E-state index is 0.00431. The third kappa shape index (κ3) is 3.44. The van der Waals surface area contributed by atoms with Crippen molar-refractivity contribution in [2.75, 3.05) is 26.4 Å². The Balaban J connectivity index is 2.31. The second-order valence-electron chi connectivity index (χ2n) is 5.81. The summed E-state index contributed by atoms with van der Waals surface area (Å²) in [7, 11) is 0. The quantitative estimate of drug-likeness (QED) is 0.798. The number of nitrogens with zero attached hydrogens (tertiary/aromatic N) is 1. The van der Waals surface area contributed by atoms with E-state index in [0.717, 1.165) is 11.1 Å². The van der Waals surface area contributed by atoms with E-state index in [2.05, 4.69) is 11.8 Å². The number of amides is 1. The number of hydrogen-bond acceptors (Lipinski definition) is 3. The SMILES string of the molecule is Cc1ccc(C(=O)N2CCOCC2(C)C)cc1C#CCO. The van der Waals surface area contributed by atoms with Crippen molar-refractivity contribution in [3.8, 4) is 11.8 Å². The fraction of sp³-hybridized carbons (Fsp3) is 0.471. The van der Waals surface area contributed by atoms with Gasteiger partial charge in [0.2, 0.25) is 0 Å². The van der Waals surface area contributed by atoms with Gasteiger partial charge in [-0.05, 0) is 38.5 Å². The smallest absolute Gasteiger partial charge is 0.254 e. The van der Waals surface area contributed by atoms with Crippen LogP contribution in [-0.2, 0) is 4.74 Å². The lowest BCUT2D eigenvalue weighted by Crippen LogP contribution is -2.55. The van der Waals surface area contributed by atoms with Crippen LogP contribution < -0.4 is 0 Å². The minimum atomic E-state index is -0.308. The van der Waals surface area contributed by atoms with Crippen molar-refractivity contribution in [2.24, 2.45) is 0 Å². The summed E-state index contributed by atoms with van der Waals surface area (Å²) in [6.45, 7) is 7.47. The van der Waals surface area contributed by atoms with Crippen LogP contribution in [0.2, 0.25) is 0 Å². The van der Waals surface area contributed by atoms with Crippen LogP contribution in [0.4, 0.5) is 0 Å². The first-order valence-corrected chi connectivity index (χ1v) is 7.06. The zero-order valence-corrected chi connectivity index (χ0v) is 12.8. The van der Waals surface area contributed by atoms with Crippen molar-refractivity contribution in [3.05, 3.63) is 34.9 Å². The number of aliphatic hydroxyl groups is 1. The maximum atomic E-state index is 12.7. The number of rotatable bonds is 1. The van der Waals surface area contributed by atoms with Crippen LogP contribution in [0.15, 0.2) is 18.2 Å². The number of aliphatic hydroxyl groups excluding tert-OH is 1. The first-order valence-electron chi connectivity index (χ1n) is 7.06. The second-order valence-corrected chi connectivity index (χ2v) is 5.81. The summed E-state index contributed by atoms with van der Waals surface area (Å²) >= 11 is 0. The third-order valence-corrected chi connectivity index (χ3v) is 3.68. The van der Waals surface area contributed by atoms with Crippen molar-refractivity contribution in [1.82, 2.24) is 4.90 Å². The van der Waals surface area contributed by atoms with Crippen LogP contribution in [0.3, 0.4) is 0 Å². The lowest BCUT2D eigenvalue weighted by Gasteiger charge is -2.42. The van der Waals surface area contributed by atoms with E-state index in [1.165, 1.54) is 0 Å². The number of carbonyl (C=O) groups is 1. The van der Waals surface area contributed by atoms with Crippen LogP contribution in [0.1, 0.15) is 35.3 Å². The molecule has 0 saturated carbocycles. The Labute approximate surface area is 125 Å². The summed E-state index contributed by atoms with van der Waals surface area (Å²) in [6.07, 6.45) is 0. The largest absolute Gasteiger partial charge is 0.384 e. The monoisotopic (exact) mass is 287 g/mol. The fourth-order valence-electron chi connectivity index (χ4n) is 2.42. The molecular formula is C17H21NO3. The molecular weight excluding hydrogens is 266 g/mol. The highest BCUT2D eigenvalue weighted by Gasteiger charge is 2.34. The van der Waals surface area contributed by atoms with Crippen LogP contribution in [-0.4, -0.2) is 47.8 Å². The van der Waals surface area contributed by atoms with Gasteiger partial charge in [0.1, 0.15) is 6.61 Å². The molecule has 1 aromatic rings. The summed E-state index contributed by atoms with van der Waals surface area (Å²) in [5, 5.41) is 8.81. The number of carbonyl (C=O) groups excluding carboxylic acids is 1. The molecule has 1 aliphatic heterocycles. The Morgan fingerprint density at radius 2 is 2.24 bits per heavy atom. The number of hydrogen-bond donors (Lipinski definition) is 1. The molecule has 4 heteroatoms. The Morgan fingerprint density at radius 1 is 1.48 bits per heavy atom. The van der Waals surface area contributed by atoms with Crippen LogP contribution >= 0.6 is 0 Å². The zero-order chi connectivity index (χ0) is 15.5. The van der Waals surface area contributed by atoms with Crippen molar-refractivity contribution in [1.29, 1.82) is 0 Å². The van der Waals surface area contributed by atoms with Crippen LogP contribution in [0, 0.1) is 18.8 Å². The first-order chi connectivity index (χ1) is 9.95. The summed E-state index contributed by atoms with van der Waals surface area (Å²) in [5.74, 6) is 5.51. The molecule has 112 valence electrons. The Hall–Kier alpha value is -1.83. The molecule has 0 unspecified atom stereocenters. The molecule has 2 rings (SSSR count). The van der Waals surface area contributed by atoms with E-state index in [-0.39, 0.29) is 18.1 Å². The molecule has 0 radical (unpaired) electrons. The van der Waals surface area contributed by atoms with Gasteiger partial charge in [-0.2, -0.15) is 0 Å². The minimum Gasteiger partial charge on any atom is -0.384 e. The second kappa shape index (κ2) is 6.30. The average Bonchev–Trinajstić information content (AvgIpc) is 2.45. The highest BCUT2D eigenvalue weighted by molar-refractivity contribution is 5.95. The van der Waals surface area contributed by atoms with Gasteiger partial charge in [0.15, 0.2) is 0 Å². The molecule has 0 bridgehead atoms. The van der Waals surface area contributed by atoms with Crippen molar-refractivity contribution in [2.45, 2.75) is 26.3 Å². The number of aryl methyl sites for hydroxylation is 1. The highest BCUT2D eigenvalue weighted by Crippen LogP contribution is 2.22. The maximum Gasteiger partial charge on any atom is 0.254 e. The van der Waals surface area contributed by atoms with Gasteiger partial charge in [0, 0.05) is 17.7 Å². The Bertz CT molecular complexity index is 596. The van der Waals surface area contributed by atoms with Crippen LogP contribution in [0.25, 0.3) is 0 Å². The number of morpholine rings is 1. The molecule has 1 fully saturated rings. The van der Waals surface area contributed by atoms with E-state index in [9.17, 15) is 4.79 Å². The molecule has 1 heterocycles. The van der Waals surface area contributed by atoms with Gasteiger partial charge in [-0.3, -0.25) is 4.79 Å². The Morgan fingerprint density at radius 3 is 2.90 bits per heavy atom. The lowest BCUT2D eigenvalue weighted by atomic mass is 9.99. The predicted octanol–water partition coefficient (Wildman–Crippen LogP) is 1.59. The van der Waals surface area contributed by atoms with Gasteiger partial charge in [-0.25, -0.2) is 0 Å². The topological polar surface area (TPSA) is 49.8 Å². The van der Waals surface area contributed by atoms with Gasteiger partial charge >= 0.3 is 0 Å². The normalized spacial score (nSPS) is 17.0. The summed E-state index contributed by atoms with van der Waals surface area (Å²) in [4.78, 5) is 14.6. The molecule has 21 heavy (non-hydrogen) atoms. The molecule has 4 nitrogen and oxygen atoms in total. The van der Waals surface area contributed by atoms with Gasteiger partial charge < -0.3 is 14.7 Å². The van der Waals surface area contributed by atoms with Gasteiger partial charge in [-0.1, -0.05) is 17.9 Å². The molecule has 1 saturated heterocycles. The molecule has 0 atom stereocenters. The molecule has 0 spiro atoms. The molecule has 0 aliphatic carbocycles. The van der Waals surface area contributed by atoms with Crippen LogP contribution in [0.5, 0.6) is 0 Å². The summed E-state index contributed by atoms with van der Waals surface area (Å²) in [6, 6.07) is 5.52. The number of benzene rings is 1. The van der Waals surface area contributed by atoms with Gasteiger partial charge in [0.05, 0.1) is 18.8 Å². The van der Waals surface area contributed by atoms with Crippen molar-refractivity contribution < 1.29 is 14.6 Å². The predicted molar refractivity (Wildman–Crippen MR) is 81.1 cm³/mol. The first kappa shape index (κ1) is 15.6. The summed E-state index contributed by atoms with van der Waals surface area (Å²) in [5.41, 5.74) is 2.09. The molecule has 1 amide bonds. The molecule has 0 aromatic heterocycles. The zero-order valence-electron chi connectivity index (χ0n) is 12.8. The van der Waals surface area contributed by atoms with Gasteiger partial charge in [0.25, 0.3) is 5.91 Å². The van der Waals surface area contributed by atoms with E-state index in [0.29, 0.717) is 25.3 Å². The molecule has 1 aromatic carbocycles. The van der Waals surface area contributed by atoms with E-state index in [4.69, 9.17) is 9.84 Å². The van der Waals surface area contributed by atoms with E-state index in [1.807, 2.05) is 37.8 Å². The molecule has 1 aliphatic rings. The van der Waals surface area contributed by atoms with E-state index >= 15 is 0 Å². The molecule has 1 N–H and O–H groups in total. The number of ether oxygens (including phenoxy) is 1. The third-order valence-electron chi connectivity index (χ3n) is 3.68. The van der Waals surface area contributed by atoms with Crippen molar-refractivity contribution in [3.63, 3.8) is 0 Å². The Kier molecular flexibility index (Phi) is 4.66. The van der Waals surface area contributed by atoms with E-state index in [1.54, 1.807) is 6.07 Å². The standard InChI is InChI=1S/C17H21NO3/c1-13-6-7-15(11-14(13)5-4-9-19)16(20)18-8-10-21-12-17(18,2)3/h6-7,11,19H,8-10,12H2,1-3H3. The lowest BCUT2D eigenvalue weighted by molar-refractivity contribution is -0.0370. The maximum absolute atomic E-state index is 12.7. The highest BCUT2D eigenvalue weighted by atomic mass is 16.5. The average molecular weight is 287 g/mol. The summed E-state index contributed by atoms with van der Waals surface area (Å²) < 4.78 is 5.45. The van der Waals surface area contributed by atoms with E-state index < -0.39 is 0 Å². The van der Waals surface area contributed by atoms with Crippen molar-refractivity contribution >= 4 is 5.91 Å². The van der Waals surface area contributed by atoms with Gasteiger partial charge in [-0.15, -0.1) is 0 Å². The fourth-order valence-corrected chi connectivity index (χ4v) is 2.42.